The molecule has 4 N–H and O–H groups in total. The molecule has 9 heteroatoms. The van der Waals surface area contributed by atoms with Gasteiger partial charge in [0.1, 0.15) is 5.82 Å². The number of carbonyl (C=O) groups is 1. The zero-order valence-corrected chi connectivity index (χ0v) is 9.48. The number of nitrogens with zero attached hydrogens (tertiary/aromatic N) is 1. The predicted octanol–water partition coefficient (Wildman–Crippen LogP) is 1.68. The normalized spacial score (nSPS) is 10.4. The van der Waals surface area contributed by atoms with Crippen molar-refractivity contribution in [1.82, 2.24) is 0 Å². The summed E-state index contributed by atoms with van der Waals surface area (Å²) in [5.74, 6) is -3.63. The van der Waals surface area contributed by atoms with Gasteiger partial charge in [0, 0.05) is 0 Å². The van der Waals surface area contributed by atoms with Crippen LogP contribution >= 0.6 is 12.4 Å². The third-order valence-electron chi connectivity index (χ3n) is 1.77. The van der Waals surface area contributed by atoms with Crippen LogP contribution in [0.1, 0.15) is 15.9 Å². The lowest BCUT2D eigenvalue weighted by atomic mass is 10.1. The zero-order chi connectivity index (χ0) is 13.2. The van der Waals surface area contributed by atoms with Gasteiger partial charge in [-0.3, -0.25) is 4.79 Å². The molecule has 0 unspecified atom stereocenters. The molecule has 0 bridgehead atoms. The SMILES string of the molecule is Cl.NC(N)=NC(=O)c1cccc(C(F)(F)F)c1F. The standard InChI is InChI=1S/C9H7F4N3O.ClH/c10-6-4(7(17)16-8(14)15)2-1-3-5(6)9(11,12)13;/h1-3H,(H4,14,15,16,17);1H. The first kappa shape index (κ1) is 16.2. The Labute approximate surface area is 105 Å². The van der Waals surface area contributed by atoms with Crippen LogP contribution in [0.3, 0.4) is 0 Å². The zero-order valence-electron chi connectivity index (χ0n) is 8.66. The second-order valence-electron chi connectivity index (χ2n) is 3.01. The van der Waals surface area contributed by atoms with E-state index in [2.05, 4.69) is 4.99 Å². The lowest BCUT2D eigenvalue weighted by Gasteiger charge is -2.09. The van der Waals surface area contributed by atoms with Gasteiger partial charge in [-0.1, -0.05) is 6.07 Å². The van der Waals surface area contributed by atoms with Crippen LogP contribution in [0.4, 0.5) is 17.6 Å². The largest absolute Gasteiger partial charge is 0.419 e. The highest BCUT2D eigenvalue weighted by molar-refractivity contribution is 6.02. The molecule has 0 saturated heterocycles. The summed E-state index contributed by atoms with van der Waals surface area (Å²) in [4.78, 5) is 14.2. The van der Waals surface area contributed by atoms with Gasteiger partial charge in [-0.25, -0.2) is 4.39 Å². The number of hydrogen-bond acceptors (Lipinski definition) is 1. The molecule has 1 aromatic rings. The van der Waals surface area contributed by atoms with Gasteiger partial charge in [-0.15, -0.1) is 12.4 Å². The Balaban J connectivity index is 0.00000289. The van der Waals surface area contributed by atoms with E-state index in [1.54, 1.807) is 0 Å². The van der Waals surface area contributed by atoms with Gasteiger partial charge in [0.25, 0.3) is 5.91 Å². The molecule has 0 saturated carbocycles. The van der Waals surface area contributed by atoms with Crippen molar-refractivity contribution in [3.05, 3.63) is 35.1 Å². The van der Waals surface area contributed by atoms with E-state index in [0.29, 0.717) is 6.07 Å². The molecule has 100 valence electrons. The molecule has 0 aliphatic heterocycles. The molecule has 0 aliphatic carbocycles. The highest BCUT2D eigenvalue weighted by atomic mass is 35.5. The number of guanidine groups is 1. The number of halogens is 5. The van der Waals surface area contributed by atoms with Crippen molar-refractivity contribution in [2.75, 3.05) is 0 Å². The molecule has 18 heavy (non-hydrogen) atoms. The number of nitrogens with two attached hydrogens (primary N) is 2. The summed E-state index contributed by atoms with van der Waals surface area (Å²) >= 11 is 0. The van der Waals surface area contributed by atoms with Gasteiger partial charge in [-0.2, -0.15) is 18.2 Å². The lowest BCUT2D eigenvalue weighted by molar-refractivity contribution is -0.140. The van der Waals surface area contributed by atoms with Gasteiger partial charge < -0.3 is 11.5 Å². The number of rotatable bonds is 1. The first-order chi connectivity index (χ1) is 7.73. The minimum atomic E-state index is -4.89. The van der Waals surface area contributed by atoms with E-state index in [1.807, 2.05) is 0 Å². The molecule has 0 aliphatic rings. The number of benzene rings is 1. The molecule has 0 aromatic heterocycles. The van der Waals surface area contributed by atoms with Crippen LogP contribution < -0.4 is 11.5 Å². The molecule has 0 fully saturated rings. The molecule has 1 amide bonds. The van der Waals surface area contributed by atoms with Crippen molar-refractivity contribution < 1.29 is 22.4 Å². The van der Waals surface area contributed by atoms with E-state index in [9.17, 15) is 22.4 Å². The highest BCUT2D eigenvalue weighted by Crippen LogP contribution is 2.32. The maximum Gasteiger partial charge on any atom is 0.419 e. The molecule has 4 nitrogen and oxygen atoms in total. The van der Waals surface area contributed by atoms with Gasteiger partial charge >= 0.3 is 6.18 Å². The third kappa shape index (κ3) is 3.59. The second-order valence-corrected chi connectivity index (χ2v) is 3.01. The maximum absolute atomic E-state index is 13.4. The van der Waals surface area contributed by atoms with E-state index in [-0.39, 0.29) is 12.4 Å². The fourth-order valence-corrected chi connectivity index (χ4v) is 1.09. The summed E-state index contributed by atoms with van der Waals surface area (Å²) in [6, 6.07) is 2.27. The van der Waals surface area contributed by atoms with Crippen molar-refractivity contribution in [3.8, 4) is 0 Å². The monoisotopic (exact) mass is 285 g/mol. The van der Waals surface area contributed by atoms with E-state index in [4.69, 9.17) is 11.5 Å². The molecular weight excluding hydrogens is 278 g/mol. The fraction of sp³-hybridized carbons (Fsp3) is 0.111. The Bertz CT molecular complexity index is 483. The predicted molar refractivity (Wildman–Crippen MR) is 58.8 cm³/mol. The number of alkyl halides is 3. The Kier molecular flexibility index (Phi) is 5.10. The van der Waals surface area contributed by atoms with Gasteiger partial charge in [0.15, 0.2) is 5.96 Å². The van der Waals surface area contributed by atoms with Crippen molar-refractivity contribution in [2.24, 2.45) is 16.5 Å². The Morgan fingerprint density at radius 3 is 2.22 bits per heavy atom. The topological polar surface area (TPSA) is 81.5 Å². The maximum atomic E-state index is 13.4. The number of carbonyl (C=O) groups excluding carboxylic acids is 1. The van der Waals surface area contributed by atoms with Crippen LogP contribution in [0.15, 0.2) is 23.2 Å². The summed E-state index contributed by atoms with van der Waals surface area (Å²) < 4.78 is 50.3. The first-order valence-electron chi connectivity index (χ1n) is 4.23. The van der Waals surface area contributed by atoms with Crippen molar-refractivity contribution in [1.29, 1.82) is 0 Å². The molecule has 0 atom stereocenters. The van der Waals surface area contributed by atoms with Crippen LogP contribution in [0.25, 0.3) is 0 Å². The van der Waals surface area contributed by atoms with Crippen LogP contribution in [-0.2, 0) is 6.18 Å². The summed E-state index contributed by atoms with van der Waals surface area (Å²) in [7, 11) is 0. The Morgan fingerprint density at radius 2 is 1.78 bits per heavy atom. The number of hydrogen-bond donors (Lipinski definition) is 2. The van der Waals surface area contributed by atoms with E-state index in [0.717, 1.165) is 12.1 Å². The minimum Gasteiger partial charge on any atom is -0.370 e. The summed E-state index contributed by atoms with van der Waals surface area (Å²) in [6.45, 7) is 0. The summed E-state index contributed by atoms with van der Waals surface area (Å²) in [5, 5.41) is 0. The molecule has 0 spiro atoms. The van der Waals surface area contributed by atoms with E-state index < -0.39 is 35.0 Å². The van der Waals surface area contributed by atoms with Crippen LogP contribution in [0.5, 0.6) is 0 Å². The highest BCUT2D eigenvalue weighted by Gasteiger charge is 2.35. The fourth-order valence-electron chi connectivity index (χ4n) is 1.09. The molecule has 1 rings (SSSR count). The van der Waals surface area contributed by atoms with Crippen molar-refractivity contribution in [2.45, 2.75) is 6.18 Å². The third-order valence-corrected chi connectivity index (χ3v) is 1.77. The van der Waals surface area contributed by atoms with Gasteiger partial charge in [0.05, 0.1) is 11.1 Å². The quantitative estimate of drug-likeness (QED) is 0.468. The lowest BCUT2D eigenvalue weighted by Crippen LogP contribution is -2.24. The molecular formula is C9H8ClF4N3O. The first-order valence-corrected chi connectivity index (χ1v) is 4.23. The molecule has 1 aromatic carbocycles. The average molecular weight is 286 g/mol. The van der Waals surface area contributed by atoms with Gasteiger partial charge in [0.2, 0.25) is 0 Å². The van der Waals surface area contributed by atoms with E-state index >= 15 is 0 Å². The molecule has 0 heterocycles. The number of amides is 1. The average Bonchev–Trinajstić information content (AvgIpc) is 2.14. The Hall–Kier alpha value is -1.83. The minimum absolute atomic E-state index is 0. The molecule has 0 radical (unpaired) electrons. The van der Waals surface area contributed by atoms with Gasteiger partial charge in [-0.05, 0) is 12.1 Å². The van der Waals surface area contributed by atoms with Crippen LogP contribution in [0.2, 0.25) is 0 Å². The van der Waals surface area contributed by atoms with Crippen LogP contribution in [-0.4, -0.2) is 11.9 Å². The number of aliphatic imine (C=N–C) groups is 1. The van der Waals surface area contributed by atoms with Crippen molar-refractivity contribution in [3.63, 3.8) is 0 Å². The smallest absolute Gasteiger partial charge is 0.370 e. The summed E-state index contributed by atoms with van der Waals surface area (Å²) in [6.07, 6.45) is -4.89. The Morgan fingerprint density at radius 1 is 1.22 bits per heavy atom. The second kappa shape index (κ2) is 5.67. The van der Waals surface area contributed by atoms with Crippen LogP contribution in [0, 0.1) is 5.82 Å². The van der Waals surface area contributed by atoms with Crippen molar-refractivity contribution >= 4 is 24.3 Å². The summed E-state index contributed by atoms with van der Waals surface area (Å²) in [5.41, 5.74) is 7.35. The van der Waals surface area contributed by atoms with E-state index in [1.165, 1.54) is 0 Å².